The van der Waals surface area contributed by atoms with Gasteiger partial charge >= 0.3 is 0 Å². The molecule has 5 rings (SSSR count). The molecule has 6 heteroatoms. The summed E-state index contributed by atoms with van der Waals surface area (Å²) in [7, 11) is 1.63. The van der Waals surface area contributed by atoms with Crippen molar-refractivity contribution in [3.63, 3.8) is 0 Å². The van der Waals surface area contributed by atoms with Crippen LogP contribution in [0.5, 0.6) is 5.75 Å². The number of nitrogens with one attached hydrogen (secondary N) is 2. The first-order chi connectivity index (χ1) is 13.7. The van der Waals surface area contributed by atoms with Crippen LogP contribution in [0.25, 0.3) is 22.2 Å². The zero-order valence-electron chi connectivity index (χ0n) is 15.5. The van der Waals surface area contributed by atoms with Crippen LogP contribution in [0.2, 0.25) is 0 Å². The number of carbonyl (C=O) groups excluding carboxylic acids is 1. The first kappa shape index (κ1) is 16.6. The molecule has 6 nitrogen and oxygen atoms in total. The molecule has 0 radical (unpaired) electrons. The molecular weight excluding hydrogens is 352 g/mol. The fraction of sp³-hybridized carbons (Fsp3) is 0.182. The SMILES string of the molecule is COc1ccc2cc(C(=O)Nc3cccc(-c4cnc5n4CCC5)c3)[nH]c2c1. The molecule has 0 saturated carbocycles. The van der Waals surface area contributed by atoms with E-state index in [2.05, 4.69) is 19.9 Å². The molecule has 2 aromatic heterocycles. The van der Waals surface area contributed by atoms with Crippen LogP contribution in [0.3, 0.4) is 0 Å². The molecule has 0 fully saturated rings. The number of aromatic amines is 1. The first-order valence-corrected chi connectivity index (χ1v) is 9.34. The molecular formula is C22H20N4O2. The highest BCUT2D eigenvalue weighted by atomic mass is 16.5. The number of fused-ring (bicyclic) bond motifs is 2. The average molecular weight is 372 g/mol. The van der Waals surface area contributed by atoms with Crippen molar-refractivity contribution in [3.8, 4) is 17.0 Å². The van der Waals surface area contributed by atoms with Gasteiger partial charge in [-0.05, 0) is 36.8 Å². The van der Waals surface area contributed by atoms with Gasteiger partial charge in [0, 0.05) is 41.2 Å². The van der Waals surface area contributed by atoms with E-state index in [1.165, 1.54) is 0 Å². The highest BCUT2D eigenvalue weighted by molar-refractivity contribution is 6.06. The molecule has 2 aromatic carbocycles. The first-order valence-electron chi connectivity index (χ1n) is 9.34. The van der Waals surface area contributed by atoms with E-state index in [4.69, 9.17) is 4.74 Å². The van der Waals surface area contributed by atoms with E-state index >= 15 is 0 Å². The van der Waals surface area contributed by atoms with Crippen molar-refractivity contribution in [1.29, 1.82) is 0 Å². The van der Waals surface area contributed by atoms with E-state index in [-0.39, 0.29) is 5.91 Å². The second-order valence-corrected chi connectivity index (χ2v) is 6.99. The van der Waals surface area contributed by atoms with Crippen molar-refractivity contribution < 1.29 is 9.53 Å². The number of carbonyl (C=O) groups is 1. The normalized spacial score (nSPS) is 12.9. The van der Waals surface area contributed by atoms with Crippen LogP contribution in [-0.2, 0) is 13.0 Å². The van der Waals surface area contributed by atoms with Gasteiger partial charge in [-0.2, -0.15) is 0 Å². The Bertz CT molecular complexity index is 1190. The van der Waals surface area contributed by atoms with E-state index in [0.717, 1.165) is 58.8 Å². The Labute approximate surface area is 162 Å². The molecule has 4 aromatic rings. The number of rotatable bonds is 4. The predicted molar refractivity (Wildman–Crippen MR) is 109 cm³/mol. The molecule has 28 heavy (non-hydrogen) atoms. The third-order valence-electron chi connectivity index (χ3n) is 5.21. The van der Waals surface area contributed by atoms with Crippen molar-refractivity contribution in [1.82, 2.24) is 14.5 Å². The lowest BCUT2D eigenvalue weighted by atomic mass is 10.1. The summed E-state index contributed by atoms with van der Waals surface area (Å²) in [5, 5.41) is 3.95. The van der Waals surface area contributed by atoms with Gasteiger partial charge in [0.15, 0.2) is 0 Å². The van der Waals surface area contributed by atoms with Crippen molar-refractivity contribution >= 4 is 22.5 Å². The van der Waals surface area contributed by atoms with Crippen LogP contribution in [0.1, 0.15) is 22.7 Å². The molecule has 1 amide bonds. The van der Waals surface area contributed by atoms with Crippen molar-refractivity contribution in [2.45, 2.75) is 19.4 Å². The van der Waals surface area contributed by atoms with Gasteiger partial charge in [-0.15, -0.1) is 0 Å². The summed E-state index contributed by atoms with van der Waals surface area (Å²) in [5.74, 6) is 1.71. The number of hydrogen-bond donors (Lipinski definition) is 2. The maximum Gasteiger partial charge on any atom is 0.272 e. The van der Waals surface area contributed by atoms with Gasteiger partial charge in [-0.1, -0.05) is 12.1 Å². The lowest BCUT2D eigenvalue weighted by molar-refractivity contribution is 0.102. The molecule has 3 heterocycles. The summed E-state index contributed by atoms with van der Waals surface area (Å²) in [6.07, 6.45) is 4.08. The summed E-state index contributed by atoms with van der Waals surface area (Å²) in [6, 6.07) is 15.4. The minimum absolute atomic E-state index is 0.175. The Kier molecular flexibility index (Phi) is 3.90. The fourth-order valence-corrected chi connectivity index (χ4v) is 3.80. The second kappa shape index (κ2) is 6.56. The second-order valence-electron chi connectivity index (χ2n) is 6.99. The number of aryl methyl sites for hydroxylation is 1. The lowest BCUT2D eigenvalue weighted by Gasteiger charge is -2.08. The summed E-state index contributed by atoms with van der Waals surface area (Å²) in [5.41, 5.74) is 4.29. The maximum absolute atomic E-state index is 12.7. The van der Waals surface area contributed by atoms with Gasteiger partial charge in [-0.25, -0.2) is 4.98 Å². The maximum atomic E-state index is 12.7. The zero-order valence-corrected chi connectivity index (χ0v) is 15.5. The van der Waals surface area contributed by atoms with Crippen LogP contribution < -0.4 is 10.1 Å². The molecule has 0 saturated heterocycles. The summed E-state index contributed by atoms with van der Waals surface area (Å²) in [4.78, 5) is 20.4. The van der Waals surface area contributed by atoms with Gasteiger partial charge in [0.1, 0.15) is 17.3 Å². The van der Waals surface area contributed by atoms with E-state index < -0.39 is 0 Å². The van der Waals surface area contributed by atoms with Gasteiger partial charge in [0.05, 0.1) is 19.0 Å². The number of benzene rings is 2. The number of aromatic nitrogens is 3. The van der Waals surface area contributed by atoms with Crippen LogP contribution >= 0.6 is 0 Å². The predicted octanol–water partition coefficient (Wildman–Crippen LogP) is 4.24. The molecule has 1 aliphatic rings. The molecule has 0 spiro atoms. The third kappa shape index (κ3) is 2.83. The topological polar surface area (TPSA) is 71.9 Å². The Morgan fingerprint density at radius 2 is 2.14 bits per heavy atom. The van der Waals surface area contributed by atoms with Crippen LogP contribution in [0, 0.1) is 0 Å². The number of imidazole rings is 1. The van der Waals surface area contributed by atoms with Crippen LogP contribution in [0.4, 0.5) is 5.69 Å². The lowest BCUT2D eigenvalue weighted by Crippen LogP contribution is -2.12. The van der Waals surface area contributed by atoms with Crippen molar-refractivity contribution in [2.24, 2.45) is 0 Å². The number of ether oxygens (including phenoxy) is 1. The largest absolute Gasteiger partial charge is 0.497 e. The van der Waals surface area contributed by atoms with Gasteiger partial charge in [0.2, 0.25) is 0 Å². The standard InChI is InChI=1S/C22H20N4O2/c1-28-17-8-7-14-11-19(25-18(14)12-17)22(27)24-16-5-2-4-15(10-16)20-13-23-21-6-3-9-26(20)21/h2,4-5,7-8,10-13,25H,3,6,9H2,1H3,(H,24,27). The quantitative estimate of drug-likeness (QED) is 0.563. The number of methoxy groups -OCH3 is 1. The summed E-state index contributed by atoms with van der Waals surface area (Å²) < 4.78 is 7.50. The van der Waals surface area contributed by atoms with E-state index in [1.807, 2.05) is 54.7 Å². The van der Waals surface area contributed by atoms with Gasteiger partial charge in [-0.3, -0.25) is 4.79 Å². The summed E-state index contributed by atoms with van der Waals surface area (Å²) >= 11 is 0. The number of hydrogen-bond acceptors (Lipinski definition) is 3. The third-order valence-corrected chi connectivity index (χ3v) is 5.21. The Hall–Kier alpha value is -3.54. The number of H-pyrrole nitrogens is 1. The van der Waals surface area contributed by atoms with E-state index in [1.54, 1.807) is 7.11 Å². The fourth-order valence-electron chi connectivity index (χ4n) is 3.80. The molecule has 1 aliphatic heterocycles. The van der Waals surface area contributed by atoms with E-state index in [0.29, 0.717) is 5.69 Å². The molecule has 140 valence electrons. The molecule has 0 bridgehead atoms. The monoisotopic (exact) mass is 372 g/mol. The minimum Gasteiger partial charge on any atom is -0.497 e. The zero-order chi connectivity index (χ0) is 19.1. The minimum atomic E-state index is -0.175. The van der Waals surface area contributed by atoms with Gasteiger partial charge < -0.3 is 19.6 Å². The number of anilines is 1. The Morgan fingerprint density at radius 3 is 3.04 bits per heavy atom. The summed E-state index contributed by atoms with van der Waals surface area (Å²) in [6.45, 7) is 1.000. The molecule has 0 aliphatic carbocycles. The van der Waals surface area contributed by atoms with Crippen LogP contribution in [0.15, 0.2) is 54.7 Å². The highest BCUT2D eigenvalue weighted by Crippen LogP contribution is 2.28. The smallest absolute Gasteiger partial charge is 0.272 e. The van der Waals surface area contributed by atoms with Gasteiger partial charge in [0.25, 0.3) is 5.91 Å². The van der Waals surface area contributed by atoms with Crippen LogP contribution in [-0.4, -0.2) is 27.6 Å². The van der Waals surface area contributed by atoms with E-state index in [9.17, 15) is 4.79 Å². The molecule has 2 N–H and O–H groups in total. The van der Waals surface area contributed by atoms with Crippen molar-refractivity contribution in [3.05, 3.63) is 66.2 Å². The van der Waals surface area contributed by atoms with Crippen molar-refractivity contribution in [2.75, 3.05) is 12.4 Å². The Balaban J connectivity index is 1.41. The highest BCUT2D eigenvalue weighted by Gasteiger charge is 2.17. The molecule has 0 atom stereocenters. The number of amides is 1. The number of nitrogens with zero attached hydrogens (tertiary/aromatic N) is 2. The molecule has 0 unspecified atom stereocenters. The Morgan fingerprint density at radius 1 is 1.21 bits per heavy atom. The average Bonchev–Trinajstić information content (AvgIpc) is 3.42.